The molecule has 0 atom stereocenters. The number of carbonyl (C=O) groups excluding carboxylic acids is 1. The van der Waals surface area contributed by atoms with Gasteiger partial charge in [0.25, 0.3) is 0 Å². The van der Waals surface area contributed by atoms with Gasteiger partial charge in [0.2, 0.25) is 0 Å². The third-order valence-corrected chi connectivity index (χ3v) is 2.45. The molecule has 1 aliphatic rings. The maximum Gasteiger partial charge on any atom is 0.342 e. The average molecular weight is 304 g/mol. The number of allylic oxidation sites excluding steroid dienone is 2. The molecule has 5 heteroatoms. The normalized spacial score (nSPS) is 17.3. The smallest absolute Gasteiger partial charge is 0.342 e. The van der Waals surface area contributed by atoms with Gasteiger partial charge in [-0.25, -0.2) is 9.28 Å². The van der Waals surface area contributed by atoms with Crippen LogP contribution >= 0.6 is 0 Å². The van der Waals surface area contributed by atoms with Gasteiger partial charge in [-0.1, -0.05) is 18.0 Å². The van der Waals surface area contributed by atoms with E-state index in [9.17, 15) is 4.79 Å². The number of likely N-dealkylation sites (N-methyl/N-ethyl adjacent to an activating group) is 1. The monoisotopic (exact) mass is 304 g/mol. The Morgan fingerprint density at radius 1 is 1.35 bits per heavy atom. The minimum Gasteiger partial charge on any atom is -0.418 e. The van der Waals surface area contributed by atoms with Crippen LogP contribution in [-0.4, -0.2) is 29.5 Å². The molecule has 0 saturated heterocycles. The minimum atomic E-state index is 0. The van der Waals surface area contributed by atoms with Crippen molar-refractivity contribution < 1.29 is 42.0 Å². The van der Waals surface area contributed by atoms with Crippen molar-refractivity contribution in [1.82, 2.24) is 4.98 Å². The number of nitrogens with zero attached hydrogens (tertiary/aromatic N) is 2. The van der Waals surface area contributed by atoms with Crippen molar-refractivity contribution in [2.24, 2.45) is 0 Å². The van der Waals surface area contributed by atoms with Crippen molar-refractivity contribution in [3.63, 3.8) is 0 Å². The summed E-state index contributed by atoms with van der Waals surface area (Å²) in [6.45, 7) is 0. The van der Waals surface area contributed by atoms with Crippen LogP contribution < -0.4 is 5.73 Å². The molecule has 0 bridgehead atoms. The van der Waals surface area contributed by atoms with Crippen molar-refractivity contribution >= 4 is 17.2 Å². The number of amides is 1. The summed E-state index contributed by atoms with van der Waals surface area (Å²) in [5.74, 6) is 0.0446. The molecule has 1 radical (unpaired) electrons. The van der Waals surface area contributed by atoms with E-state index < -0.39 is 0 Å². The van der Waals surface area contributed by atoms with E-state index in [2.05, 4.69) is 11.1 Å². The molecule has 1 aromatic heterocycles. The maximum absolute atomic E-state index is 11.5. The fraction of sp³-hybridized carbons (Fsp3) is 0.167. The second kappa shape index (κ2) is 5.21. The molecule has 4 nitrogen and oxygen atoms in total. The summed E-state index contributed by atoms with van der Waals surface area (Å²) in [6.07, 6.45) is 6.74. The second-order valence-corrected chi connectivity index (χ2v) is 4.18. The molecule has 2 rings (SSSR count). The van der Waals surface area contributed by atoms with Gasteiger partial charge in [-0.05, 0) is 11.3 Å². The van der Waals surface area contributed by atoms with Crippen molar-refractivity contribution in [3.8, 4) is 0 Å². The number of hydrogen-bond acceptors (Lipinski definition) is 3. The topological polar surface area (TPSA) is 56.0 Å². The molecule has 0 aromatic carbocycles. The van der Waals surface area contributed by atoms with E-state index in [0.29, 0.717) is 5.69 Å². The van der Waals surface area contributed by atoms with Gasteiger partial charge in [0.05, 0.1) is 14.1 Å². The molecule has 0 spiro atoms. The molecule has 2 N–H and O–H groups in total. The summed E-state index contributed by atoms with van der Waals surface area (Å²) in [4.78, 5) is 15.7. The molecule has 1 amide bonds. The number of quaternary nitrogens is 1. The number of nitrogens with two attached hydrogens (primary N) is 1. The van der Waals surface area contributed by atoms with E-state index in [-0.39, 0.29) is 43.1 Å². The number of carbonyl (C=O) groups is 1. The number of rotatable bonds is 1. The summed E-state index contributed by atoms with van der Waals surface area (Å²) in [5, 5.41) is 0. The van der Waals surface area contributed by atoms with Crippen LogP contribution in [0.5, 0.6) is 0 Å². The Balaban J connectivity index is 0.00000144. The molecule has 85 valence electrons. The molecular formula is C12H13N3OY. The molecule has 17 heavy (non-hydrogen) atoms. The van der Waals surface area contributed by atoms with Crippen molar-refractivity contribution in [3.05, 3.63) is 42.4 Å². The first-order chi connectivity index (χ1) is 7.49. The van der Waals surface area contributed by atoms with E-state index in [4.69, 9.17) is 5.73 Å². The maximum atomic E-state index is 11.5. The molecule has 1 aliphatic heterocycles. The van der Waals surface area contributed by atoms with Crippen LogP contribution in [0.3, 0.4) is 0 Å². The Morgan fingerprint density at radius 3 is 2.59 bits per heavy atom. The standard InChI is InChI=1S/C12H13N3O.Y/c1-15(2)8-9(3-6-12(15)16)11-5-4-10(13)7-14-11;/h3,5-8H,13H2,1-2H3;. The molecule has 0 aliphatic carbocycles. The number of hydrogen-bond donors (Lipinski definition) is 1. The number of aromatic nitrogens is 1. The van der Waals surface area contributed by atoms with E-state index in [0.717, 1.165) is 11.3 Å². The van der Waals surface area contributed by atoms with Gasteiger partial charge >= 0.3 is 5.91 Å². The van der Waals surface area contributed by atoms with E-state index in [1.165, 1.54) is 0 Å². The molecule has 1 aromatic rings. The summed E-state index contributed by atoms with van der Waals surface area (Å²) in [7, 11) is 3.65. The summed E-state index contributed by atoms with van der Waals surface area (Å²) >= 11 is 0. The first-order valence-electron chi connectivity index (χ1n) is 4.92. The minimum absolute atomic E-state index is 0. The Bertz CT molecular complexity index is 489. The molecule has 0 saturated carbocycles. The molecule has 0 fully saturated rings. The summed E-state index contributed by atoms with van der Waals surface area (Å²) < 4.78 is 0.192. The summed E-state index contributed by atoms with van der Waals surface area (Å²) in [5.41, 5.74) is 7.70. The van der Waals surface area contributed by atoms with Crippen LogP contribution in [0.15, 0.2) is 30.6 Å². The van der Waals surface area contributed by atoms with Crippen molar-refractivity contribution in [1.29, 1.82) is 0 Å². The first kappa shape index (κ1) is 14.2. The first-order valence-corrected chi connectivity index (χ1v) is 4.92. The largest absolute Gasteiger partial charge is 0.418 e. The Morgan fingerprint density at radius 2 is 2.06 bits per heavy atom. The third-order valence-electron chi connectivity index (χ3n) is 2.45. The number of nitrogen functional groups attached to an aromatic ring is 1. The van der Waals surface area contributed by atoms with Crippen LogP contribution in [0.25, 0.3) is 5.57 Å². The number of anilines is 1. The van der Waals surface area contributed by atoms with E-state index >= 15 is 0 Å². The molecule has 2 heterocycles. The molecule has 0 unspecified atom stereocenters. The fourth-order valence-electron chi connectivity index (χ4n) is 1.48. The van der Waals surface area contributed by atoms with Gasteiger partial charge in [0.15, 0.2) is 0 Å². The zero-order chi connectivity index (χ0) is 11.8. The van der Waals surface area contributed by atoms with Gasteiger partial charge in [-0.15, -0.1) is 6.07 Å². The zero-order valence-corrected chi connectivity index (χ0v) is 12.7. The number of pyridine rings is 1. The van der Waals surface area contributed by atoms with Crippen molar-refractivity contribution in [2.75, 3.05) is 19.8 Å². The van der Waals surface area contributed by atoms with Crippen LogP contribution in [0.4, 0.5) is 5.69 Å². The third kappa shape index (κ3) is 3.09. The Labute approximate surface area is 126 Å². The fourth-order valence-corrected chi connectivity index (χ4v) is 1.48. The van der Waals surface area contributed by atoms with Gasteiger partial charge < -0.3 is 10.7 Å². The van der Waals surface area contributed by atoms with Crippen LogP contribution in [0.2, 0.25) is 0 Å². The van der Waals surface area contributed by atoms with Gasteiger partial charge in [-0.3, -0.25) is 0 Å². The summed E-state index contributed by atoms with van der Waals surface area (Å²) in [6, 6.07) is 4.61. The van der Waals surface area contributed by atoms with Crippen molar-refractivity contribution in [2.45, 2.75) is 0 Å². The van der Waals surface area contributed by atoms with Crippen LogP contribution in [-0.2, 0) is 37.5 Å². The van der Waals surface area contributed by atoms with Crippen LogP contribution in [0.1, 0.15) is 5.69 Å². The second-order valence-electron chi connectivity index (χ2n) is 4.18. The van der Waals surface area contributed by atoms with Gasteiger partial charge in [0.1, 0.15) is 6.20 Å². The van der Waals surface area contributed by atoms with E-state index in [1.807, 2.05) is 20.3 Å². The predicted molar refractivity (Wildman–Crippen MR) is 61.7 cm³/mol. The van der Waals surface area contributed by atoms with Gasteiger partial charge in [-0.2, -0.15) is 6.07 Å². The van der Waals surface area contributed by atoms with E-state index in [1.54, 1.807) is 24.4 Å². The Hall–Kier alpha value is -0.836. The molecular weight excluding hydrogens is 291 g/mol. The predicted octanol–water partition coefficient (Wildman–Crippen LogP) is 0.975. The SMILES string of the molecule is C[N+]1(C)C=C(c2c[c-]c(N)cn2)C=CC1=O.[Y]. The van der Waals surface area contributed by atoms with Crippen LogP contribution in [0, 0.1) is 6.07 Å². The Kier molecular flexibility index (Phi) is 4.36. The quantitative estimate of drug-likeness (QED) is 0.621. The average Bonchev–Trinajstić information content (AvgIpc) is 2.23. The van der Waals surface area contributed by atoms with Gasteiger partial charge in [0, 0.05) is 38.8 Å². The zero-order valence-electron chi connectivity index (χ0n) is 9.84.